The molecule has 7 nitrogen and oxygen atoms in total. The van der Waals surface area contributed by atoms with Gasteiger partial charge in [0.1, 0.15) is 0 Å². The van der Waals surface area contributed by atoms with Crippen molar-refractivity contribution < 1.29 is 19.7 Å². The number of nitrogens with one attached hydrogen (secondary N) is 1. The third kappa shape index (κ3) is 3.65. The van der Waals surface area contributed by atoms with Crippen LogP contribution in [-0.4, -0.2) is 38.8 Å². The number of aliphatic hydroxyl groups excluding tert-OH is 1. The van der Waals surface area contributed by atoms with Crippen molar-refractivity contribution in [2.75, 3.05) is 5.43 Å². The molecule has 0 radical (unpaired) electrons. The molecule has 6 rings (SSSR count). The maximum absolute atomic E-state index is 12.5. The zero-order valence-electron chi connectivity index (χ0n) is 21.5. The Labute approximate surface area is 217 Å². The highest BCUT2D eigenvalue weighted by Crippen LogP contribution is 2.71. The number of hydrazone groups is 1. The van der Waals surface area contributed by atoms with Gasteiger partial charge in [-0.25, -0.2) is 4.79 Å². The largest absolute Gasteiger partial charge is 0.431 e. The van der Waals surface area contributed by atoms with Gasteiger partial charge in [0.15, 0.2) is 0 Å². The third-order valence-electron chi connectivity index (χ3n) is 10.9. The highest BCUT2D eigenvalue weighted by molar-refractivity contribution is 5.71. The monoisotopic (exact) mass is 506 g/mol. The molecule has 1 aromatic heterocycles. The Kier molecular flexibility index (Phi) is 5.90. The first kappa shape index (κ1) is 24.8. The van der Waals surface area contributed by atoms with Gasteiger partial charge in [-0.15, -0.1) is 0 Å². The summed E-state index contributed by atoms with van der Waals surface area (Å²) in [6, 6.07) is 13.1. The maximum Gasteiger partial charge on any atom is 0.335 e. The van der Waals surface area contributed by atoms with Crippen LogP contribution in [0.1, 0.15) is 76.2 Å². The van der Waals surface area contributed by atoms with Crippen molar-refractivity contribution in [3.63, 3.8) is 0 Å². The first-order valence-electron chi connectivity index (χ1n) is 13.8. The fourth-order valence-corrected chi connectivity index (χ4v) is 9.01. The molecule has 0 aliphatic heterocycles. The van der Waals surface area contributed by atoms with Crippen LogP contribution in [0.15, 0.2) is 63.0 Å². The number of rotatable bonds is 4. The minimum atomic E-state index is -1.06. The molecular weight excluding hydrogens is 468 g/mol. The summed E-state index contributed by atoms with van der Waals surface area (Å²) < 4.78 is 5.21. The predicted molar refractivity (Wildman–Crippen MR) is 141 cm³/mol. The van der Waals surface area contributed by atoms with Crippen molar-refractivity contribution in [1.29, 1.82) is 0 Å². The van der Waals surface area contributed by atoms with Crippen LogP contribution in [0.4, 0.5) is 5.69 Å². The van der Waals surface area contributed by atoms with Gasteiger partial charge in [0.05, 0.1) is 29.3 Å². The maximum atomic E-state index is 12.5. The van der Waals surface area contributed by atoms with Crippen LogP contribution in [0.5, 0.6) is 0 Å². The Hall–Kier alpha value is -2.48. The molecule has 37 heavy (non-hydrogen) atoms. The number of para-hydroxylation sites is 1. The van der Waals surface area contributed by atoms with Crippen LogP contribution >= 0.6 is 0 Å². The van der Waals surface area contributed by atoms with Gasteiger partial charge in [0.2, 0.25) is 0 Å². The van der Waals surface area contributed by atoms with Gasteiger partial charge in [0, 0.05) is 29.5 Å². The quantitative estimate of drug-likeness (QED) is 0.360. The van der Waals surface area contributed by atoms with E-state index in [1.54, 1.807) is 6.26 Å². The van der Waals surface area contributed by atoms with Gasteiger partial charge in [-0.3, -0.25) is 5.43 Å². The molecule has 2 aromatic rings. The van der Waals surface area contributed by atoms with Crippen molar-refractivity contribution in [2.24, 2.45) is 27.8 Å². The predicted octanol–water partition coefficient (Wildman–Crippen LogP) is 4.43. The number of fused-ring (bicyclic) bond motifs is 5. The Balaban J connectivity index is 1.36. The lowest BCUT2D eigenvalue weighted by Crippen LogP contribution is -2.68. The summed E-state index contributed by atoms with van der Waals surface area (Å²) in [6.07, 6.45) is 9.03. The minimum absolute atomic E-state index is 0.0191. The highest BCUT2D eigenvalue weighted by Gasteiger charge is 2.70. The topological polar surface area (TPSA) is 115 Å². The van der Waals surface area contributed by atoms with E-state index in [1.807, 2.05) is 42.6 Å². The molecule has 4 aliphatic rings. The first-order valence-corrected chi connectivity index (χ1v) is 13.8. The molecule has 1 unspecified atom stereocenters. The lowest BCUT2D eigenvalue weighted by atomic mass is 9.41. The molecule has 8 atom stereocenters. The zero-order valence-corrected chi connectivity index (χ0v) is 21.5. The van der Waals surface area contributed by atoms with Crippen molar-refractivity contribution in [3.8, 4) is 0 Å². The van der Waals surface area contributed by atoms with Crippen molar-refractivity contribution in [3.05, 3.63) is 64.7 Å². The lowest BCUT2D eigenvalue weighted by molar-refractivity contribution is -0.235. The van der Waals surface area contributed by atoms with E-state index >= 15 is 0 Å². The summed E-state index contributed by atoms with van der Waals surface area (Å²) >= 11 is 0. The van der Waals surface area contributed by atoms with Gasteiger partial charge >= 0.3 is 5.63 Å². The second-order valence-electron chi connectivity index (χ2n) is 12.3. The summed E-state index contributed by atoms with van der Waals surface area (Å²) in [5.41, 5.74) is 1.73. The van der Waals surface area contributed by atoms with E-state index in [9.17, 15) is 20.1 Å². The van der Waals surface area contributed by atoms with E-state index in [4.69, 9.17) is 4.42 Å². The normalized spacial score (nSPS) is 43.1. The van der Waals surface area contributed by atoms with Gasteiger partial charge in [-0.05, 0) is 92.9 Å². The molecule has 4 aliphatic carbocycles. The molecule has 4 N–H and O–H groups in total. The van der Waals surface area contributed by atoms with Crippen LogP contribution in [0, 0.1) is 22.7 Å². The molecule has 4 fully saturated rings. The molecule has 7 heteroatoms. The van der Waals surface area contributed by atoms with Crippen LogP contribution in [-0.2, 0) is 0 Å². The molecule has 0 spiro atoms. The number of benzene rings is 1. The molecule has 0 amide bonds. The van der Waals surface area contributed by atoms with Crippen LogP contribution in [0.25, 0.3) is 0 Å². The van der Waals surface area contributed by atoms with E-state index in [-0.39, 0.29) is 28.8 Å². The fraction of sp³-hybridized carbons (Fsp3) is 0.600. The van der Waals surface area contributed by atoms with Gasteiger partial charge in [-0.1, -0.05) is 25.1 Å². The molecule has 1 heterocycles. The summed E-state index contributed by atoms with van der Waals surface area (Å²) in [7, 11) is 0. The van der Waals surface area contributed by atoms with Crippen LogP contribution < -0.4 is 11.1 Å². The van der Waals surface area contributed by atoms with Crippen molar-refractivity contribution >= 4 is 11.9 Å². The minimum Gasteiger partial charge on any atom is -0.431 e. The second kappa shape index (κ2) is 8.79. The van der Waals surface area contributed by atoms with Gasteiger partial charge in [-0.2, -0.15) is 5.10 Å². The standard InChI is InChI=1S/C30H38N2O5/c1-27-13-10-24-25(30(27,36)16-12-23(27)20-7-8-26(34)37-18-20)11-15-29(35)17-22(33)9-14-28(24,29)19-31-32-21-5-3-2-4-6-21/h2-8,18-19,22-25,32-33,35-36H,9-17H2,1H3/t22-,23+,24?,25+,27+,28-,29-,30-/m0/s1. The second-order valence-corrected chi connectivity index (χ2v) is 12.3. The average molecular weight is 507 g/mol. The van der Waals surface area contributed by atoms with Crippen molar-refractivity contribution in [2.45, 2.75) is 87.9 Å². The van der Waals surface area contributed by atoms with E-state index in [0.29, 0.717) is 32.1 Å². The number of hydrogen-bond donors (Lipinski definition) is 4. The fourth-order valence-electron chi connectivity index (χ4n) is 9.01. The van der Waals surface area contributed by atoms with Gasteiger partial charge < -0.3 is 19.7 Å². The number of aliphatic hydroxyl groups is 3. The Bertz CT molecular complexity index is 1210. The lowest BCUT2D eigenvalue weighted by Gasteiger charge is -2.65. The van der Waals surface area contributed by atoms with Crippen LogP contribution in [0.2, 0.25) is 0 Å². The Morgan fingerprint density at radius 3 is 2.51 bits per heavy atom. The molecular formula is C30H38N2O5. The summed E-state index contributed by atoms with van der Waals surface area (Å²) in [5.74, 6) is 0.192. The third-order valence-corrected chi connectivity index (χ3v) is 10.9. The zero-order chi connectivity index (χ0) is 25.9. The molecule has 198 valence electrons. The van der Waals surface area contributed by atoms with Gasteiger partial charge in [0.25, 0.3) is 0 Å². The Morgan fingerprint density at radius 1 is 0.973 bits per heavy atom. The molecule has 0 saturated heterocycles. The number of nitrogens with zero attached hydrogens (tertiary/aromatic N) is 1. The van der Waals surface area contributed by atoms with Crippen LogP contribution in [0.3, 0.4) is 0 Å². The Morgan fingerprint density at radius 2 is 1.76 bits per heavy atom. The molecule has 0 bridgehead atoms. The summed E-state index contributed by atoms with van der Waals surface area (Å²) in [6.45, 7) is 2.20. The summed E-state index contributed by atoms with van der Waals surface area (Å²) in [5, 5.41) is 39.8. The average Bonchev–Trinajstić information content (AvgIpc) is 3.16. The SMILES string of the molecule is C[C@]12CCC3[C@@H](CC[C@]4(O)C[C@@H](O)CC[C@]34C=NNc3ccccc3)[C@@]1(O)CC[C@@H]2c1ccc(=O)oc1. The van der Waals surface area contributed by atoms with E-state index in [0.717, 1.165) is 36.9 Å². The summed E-state index contributed by atoms with van der Waals surface area (Å²) in [4.78, 5) is 11.6. The highest BCUT2D eigenvalue weighted by atomic mass is 16.4. The van der Waals surface area contributed by atoms with Crippen molar-refractivity contribution in [1.82, 2.24) is 0 Å². The number of anilines is 1. The van der Waals surface area contributed by atoms with E-state index in [2.05, 4.69) is 17.5 Å². The first-order chi connectivity index (χ1) is 17.7. The number of hydrogen-bond acceptors (Lipinski definition) is 7. The smallest absolute Gasteiger partial charge is 0.335 e. The molecule has 4 saturated carbocycles. The van der Waals surface area contributed by atoms with E-state index in [1.165, 1.54) is 6.07 Å². The van der Waals surface area contributed by atoms with E-state index < -0.39 is 22.7 Å². The molecule has 1 aromatic carbocycles.